The van der Waals surface area contributed by atoms with Gasteiger partial charge in [-0.1, -0.05) is 25.0 Å². The maximum absolute atomic E-state index is 12.9. The van der Waals surface area contributed by atoms with E-state index in [0.717, 1.165) is 68.9 Å². The molecule has 0 aliphatic carbocycles. The van der Waals surface area contributed by atoms with Crippen molar-refractivity contribution in [2.45, 2.75) is 57.4 Å². The van der Waals surface area contributed by atoms with Gasteiger partial charge in [-0.25, -0.2) is 4.98 Å². The highest BCUT2D eigenvalue weighted by Gasteiger charge is 2.31. The summed E-state index contributed by atoms with van der Waals surface area (Å²) in [6.45, 7) is 5.81. The van der Waals surface area contributed by atoms with Gasteiger partial charge in [0.1, 0.15) is 5.52 Å². The van der Waals surface area contributed by atoms with E-state index in [1.165, 1.54) is 12.8 Å². The van der Waals surface area contributed by atoms with E-state index in [-0.39, 0.29) is 6.04 Å². The predicted molar refractivity (Wildman–Crippen MR) is 102 cm³/mol. The molecule has 2 fully saturated rings. The van der Waals surface area contributed by atoms with Crippen molar-refractivity contribution in [2.75, 3.05) is 26.2 Å². The number of benzene rings is 1. The summed E-state index contributed by atoms with van der Waals surface area (Å²) in [6.07, 6.45) is 6.83. The molecule has 1 atom stereocenters. The zero-order valence-electron chi connectivity index (χ0n) is 15.7. The first kappa shape index (κ1) is 17.5. The van der Waals surface area contributed by atoms with Crippen LogP contribution in [0.25, 0.3) is 11.1 Å². The van der Waals surface area contributed by atoms with Crippen molar-refractivity contribution in [1.82, 2.24) is 14.8 Å². The Bertz CT molecular complexity index is 708. The fourth-order valence-electron chi connectivity index (χ4n) is 4.31. The van der Waals surface area contributed by atoms with Gasteiger partial charge in [0.25, 0.3) is 0 Å². The third-order valence-corrected chi connectivity index (χ3v) is 6.01. The van der Waals surface area contributed by atoms with Crippen LogP contribution >= 0.6 is 0 Å². The van der Waals surface area contributed by atoms with E-state index in [1.54, 1.807) is 0 Å². The van der Waals surface area contributed by atoms with Crippen molar-refractivity contribution < 1.29 is 9.21 Å². The van der Waals surface area contributed by atoms with Crippen molar-refractivity contribution in [3.63, 3.8) is 0 Å². The van der Waals surface area contributed by atoms with Crippen LogP contribution in [0.1, 0.15) is 57.3 Å². The van der Waals surface area contributed by atoms with E-state index in [1.807, 2.05) is 24.3 Å². The molecule has 1 aromatic heterocycles. The number of likely N-dealkylation sites (tertiary alicyclic amines) is 2. The van der Waals surface area contributed by atoms with Crippen LogP contribution in [0.2, 0.25) is 0 Å². The standard InChI is InChI=1S/C21H29N3O2/c1-16(21(25)24-12-6-2-3-7-13-24)23-14-10-17(11-15-23)20-22-18-8-4-5-9-19(18)26-20/h4-5,8-9,16-17H,2-3,6-7,10-15H2,1H3/t16-/m0/s1. The molecule has 1 aromatic carbocycles. The monoisotopic (exact) mass is 355 g/mol. The molecule has 5 nitrogen and oxygen atoms in total. The van der Waals surface area contributed by atoms with Crippen LogP contribution in [0.4, 0.5) is 0 Å². The molecule has 4 rings (SSSR count). The summed E-state index contributed by atoms with van der Waals surface area (Å²) < 4.78 is 5.95. The average Bonchev–Trinajstić information content (AvgIpc) is 2.93. The summed E-state index contributed by atoms with van der Waals surface area (Å²) in [4.78, 5) is 22.0. The molecule has 140 valence electrons. The molecule has 2 aliphatic heterocycles. The SMILES string of the molecule is C[C@@H](C(=O)N1CCCCCC1)N1CCC(c2nc3ccccc3o2)CC1. The van der Waals surface area contributed by atoms with Crippen LogP contribution in [-0.4, -0.2) is 52.9 Å². The van der Waals surface area contributed by atoms with Gasteiger partial charge in [-0.05, 0) is 57.8 Å². The summed E-state index contributed by atoms with van der Waals surface area (Å²) in [5.74, 6) is 1.53. The lowest BCUT2D eigenvalue weighted by Crippen LogP contribution is -2.49. The summed E-state index contributed by atoms with van der Waals surface area (Å²) in [5.41, 5.74) is 1.81. The Kier molecular flexibility index (Phi) is 5.25. The summed E-state index contributed by atoms with van der Waals surface area (Å²) in [6, 6.07) is 7.93. The minimum Gasteiger partial charge on any atom is -0.440 e. The molecular weight excluding hydrogens is 326 g/mol. The Hall–Kier alpha value is -1.88. The van der Waals surface area contributed by atoms with Crippen LogP contribution < -0.4 is 0 Å². The maximum atomic E-state index is 12.9. The second-order valence-corrected chi connectivity index (χ2v) is 7.75. The number of nitrogens with zero attached hydrogens (tertiary/aromatic N) is 3. The van der Waals surface area contributed by atoms with Gasteiger partial charge in [0, 0.05) is 19.0 Å². The second-order valence-electron chi connectivity index (χ2n) is 7.75. The van der Waals surface area contributed by atoms with Gasteiger partial charge in [0.2, 0.25) is 5.91 Å². The highest BCUT2D eigenvalue weighted by atomic mass is 16.3. The normalized spacial score (nSPS) is 21.7. The molecule has 3 heterocycles. The molecular formula is C21H29N3O2. The molecule has 1 amide bonds. The summed E-state index contributed by atoms with van der Waals surface area (Å²) in [5, 5.41) is 0. The van der Waals surface area contributed by atoms with Gasteiger partial charge in [0.05, 0.1) is 6.04 Å². The van der Waals surface area contributed by atoms with E-state index in [0.29, 0.717) is 11.8 Å². The quantitative estimate of drug-likeness (QED) is 0.840. The first-order chi connectivity index (χ1) is 12.7. The lowest BCUT2D eigenvalue weighted by molar-refractivity contribution is -0.136. The van der Waals surface area contributed by atoms with Gasteiger partial charge in [-0.15, -0.1) is 0 Å². The van der Waals surface area contributed by atoms with Gasteiger partial charge in [0.15, 0.2) is 11.5 Å². The van der Waals surface area contributed by atoms with E-state index < -0.39 is 0 Å². The van der Waals surface area contributed by atoms with Crippen LogP contribution in [-0.2, 0) is 4.79 Å². The van der Waals surface area contributed by atoms with Crippen LogP contribution in [0.3, 0.4) is 0 Å². The zero-order valence-corrected chi connectivity index (χ0v) is 15.7. The molecule has 5 heteroatoms. The Balaban J connectivity index is 1.35. The molecule has 0 radical (unpaired) electrons. The first-order valence-corrected chi connectivity index (χ1v) is 10.1. The van der Waals surface area contributed by atoms with Crippen molar-refractivity contribution >= 4 is 17.0 Å². The number of oxazole rings is 1. The average molecular weight is 355 g/mol. The van der Waals surface area contributed by atoms with Crippen LogP contribution in [0, 0.1) is 0 Å². The Morgan fingerprint density at radius 3 is 2.46 bits per heavy atom. The van der Waals surface area contributed by atoms with Gasteiger partial charge >= 0.3 is 0 Å². The highest BCUT2D eigenvalue weighted by Crippen LogP contribution is 2.30. The van der Waals surface area contributed by atoms with Crippen LogP contribution in [0.15, 0.2) is 28.7 Å². The molecule has 0 saturated carbocycles. The fraction of sp³-hybridized carbons (Fsp3) is 0.619. The van der Waals surface area contributed by atoms with Crippen molar-refractivity contribution in [2.24, 2.45) is 0 Å². The minimum absolute atomic E-state index is 0.0160. The number of hydrogen-bond acceptors (Lipinski definition) is 4. The molecule has 0 unspecified atom stereocenters. The molecule has 0 N–H and O–H groups in total. The van der Waals surface area contributed by atoms with Crippen molar-refractivity contribution in [3.05, 3.63) is 30.2 Å². The topological polar surface area (TPSA) is 49.6 Å². The second kappa shape index (κ2) is 7.78. The molecule has 2 saturated heterocycles. The predicted octanol–water partition coefficient (Wildman–Crippen LogP) is 3.80. The summed E-state index contributed by atoms with van der Waals surface area (Å²) in [7, 11) is 0. The third-order valence-electron chi connectivity index (χ3n) is 6.01. The Morgan fingerprint density at radius 1 is 1.08 bits per heavy atom. The van der Waals surface area contributed by atoms with Gasteiger partial charge in [-0.3, -0.25) is 9.69 Å². The summed E-state index contributed by atoms with van der Waals surface area (Å²) >= 11 is 0. The van der Waals surface area contributed by atoms with Crippen molar-refractivity contribution in [3.8, 4) is 0 Å². The number of piperidine rings is 1. The number of hydrogen-bond donors (Lipinski definition) is 0. The zero-order chi connectivity index (χ0) is 17.9. The van der Waals surface area contributed by atoms with Gasteiger partial charge < -0.3 is 9.32 Å². The molecule has 2 aliphatic rings. The smallest absolute Gasteiger partial charge is 0.239 e. The number of aromatic nitrogens is 1. The third kappa shape index (κ3) is 3.63. The van der Waals surface area contributed by atoms with Crippen LogP contribution in [0.5, 0.6) is 0 Å². The Labute approximate surface area is 155 Å². The van der Waals surface area contributed by atoms with Crippen molar-refractivity contribution in [1.29, 1.82) is 0 Å². The minimum atomic E-state index is -0.0160. The highest BCUT2D eigenvalue weighted by molar-refractivity contribution is 5.81. The lowest BCUT2D eigenvalue weighted by atomic mass is 9.95. The van der Waals surface area contributed by atoms with E-state index in [9.17, 15) is 4.79 Å². The first-order valence-electron chi connectivity index (χ1n) is 10.1. The maximum Gasteiger partial charge on any atom is 0.239 e. The van der Waals surface area contributed by atoms with E-state index in [2.05, 4.69) is 21.7 Å². The largest absolute Gasteiger partial charge is 0.440 e. The number of carbonyl (C=O) groups is 1. The number of rotatable bonds is 3. The van der Waals surface area contributed by atoms with Gasteiger partial charge in [-0.2, -0.15) is 0 Å². The number of carbonyl (C=O) groups excluding carboxylic acids is 1. The number of para-hydroxylation sites is 2. The molecule has 0 spiro atoms. The lowest BCUT2D eigenvalue weighted by Gasteiger charge is -2.36. The van der Waals surface area contributed by atoms with E-state index >= 15 is 0 Å². The molecule has 26 heavy (non-hydrogen) atoms. The number of fused-ring (bicyclic) bond motifs is 1. The molecule has 2 aromatic rings. The number of amides is 1. The fourth-order valence-corrected chi connectivity index (χ4v) is 4.31. The van der Waals surface area contributed by atoms with E-state index in [4.69, 9.17) is 4.42 Å². The molecule has 0 bridgehead atoms. The Morgan fingerprint density at radius 2 is 1.77 bits per heavy atom.